The molecule has 0 aromatic rings. The molecule has 0 rings (SSSR count). The molecule has 0 heterocycles. The number of carboxylic acid groups (broad SMARTS) is 4. The predicted molar refractivity (Wildman–Crippen MR) is 30.4 cm³/mol. The van der Waals surface area contributed by atoms with E-state index in [1.54, 1.807) is 0 Å². The predicted octanol–water partition coefficient (Wildman–Crippen LogP) is -2.59. The van der Waals surface area contributed by atoms with Crippen LogP contribution in [0.3, 0.4) is 0 Å². The topological polar surface area (TPSA) is 115 Å². The van der Waals surface area contributed by atoms with Gasteiger partial charge in [-0.3, -0.25) is 0 Å². The molecule has 0 saturated heterocycles. The van der Waals surface area contributed by atoms with Crippen LogP contribution in [0.15, 0.2) is 0 Å². The Morgan fingerprint density at radius 1 is 0.900 bits per heavy atom. The van der Waals surface area contributed by atoms with Crippen LogP contribution in [0, 0.1) is 0 Å². The van der Waals surface area contributed by atoms with E-state index in [0.29, 0.717) is 0 Å². The van der Waals surface area contributed by atoms with Crippen molar-refractivity contribution in [3.8, 4) is 0 Å². The molecule has 0 unspecified atom stereocenters. The van der Waals surface area contributed by atoms with Gasteiger partial charge in [-0.15, -0.1) is 0 Å². The van der Waals surface area contributed by atoms with E-state index in [4.69, 9.17) is 30.0 Å². The second-order valence-corrected chi connectivity index (χ2v) is 0.565. The Labute approximate surface area is 110 Å². The molecule has 0 aliphatic carbocycles. The van der Waals surface area contributed by atoms with E-state index in [2.05, 4.69) is 0 Å². The fraction of sp³-hybridized carbons (Fsp3) is 0. The van der Waals surface area contributed by atoms with Gasteiger partial charge in [0, 0.05) is 0 Å². The summed E-state index contributed by atoms with van der Waals surface area (Å²) in [6.45, 7) is 0. The molecule has 0 bridgehead atoms. The first-order valence-electron chi connectivity index (χ1n) is 1.30. The maximum Gasteiger partial charge on any atom is 2.00 e. The third-order valence-electron chi connectivity index (χ3n) is 0. The second kappa shape index (κ2) is 16.3. The number of rotatable bonds is 0. The Kier molecular flexibility index (Phi) is 36.6. The molecule has 0 fully saturated rings. The third kappa shape index (κ3) is 1310. The molecule has 0 amide bonds. The second-order valence-electron chi connectivity index (χ2n) is 0.565. The van der Waals surface area contributed by atoms with E-state index < -0.39 is 12.3 Å². The molecular formula is C2H7LiO6Sr. The van der Waals surface area contributed by atoms with Crippen LogP contribution in [0.25, 0.3) is 0 Å². The Hall–Kier alpha value is 0.618. The molecule has 0 aliphatic rings. The van der Waals surface area contributed by atoms with Crippen LogP contribution in [0.4, 0.5) is 9.59 Å². The van der Waals surface area contributed by atoms with Gasteiger partial charge in [0.2, 0.25) is 0 Å². The van der Waals surface area contributed by atoms with Crippen LogP contribution in [-0.2, 0) is 0 Å². The summed E-state index contributed by atoms with van der Waals surface area (Å²) in [6.07, 6.45) is -3.67. The largest absolute Gasteiger partial charge is 2.00 e. The molecule has 0 saturated carbocycles. The molecule has 4 N–H and O–H groups in total. The number of hydrogen-bond donors (Lipinski definition) is 4. The molecule has 0 atom stereocenters. The summed E-state index contributed by atoms with van der Waals surface area (Å²) in [5.41, 5.74) is 0. The van der Waals surface area contributed by atoms with Gasteiger partial charge in [0.25, 0.3) is 0 Å². The van der Waals surface area contributed by atoms with E-state index in [9.17, 15) is 0 Å². The summed E-state index contributed by atoms with van der Waals surface area (Å²) in [5.74, 6) is 0. The zero-order chi connectivity index (χ0) is 7.15. The van der Waals surface area contributed by atoms with Gasteiger partial charge in [-0.1, -0.05) is 0 Å². The van der Waals surface area contributed by atoms with Gasteiger partial charge >= 0.3 is 76.7 Å². The smallest absolute Gasteiger partial charge is 1.00 e. The molecule has 0 aromatic carbocycles. The van der Waals surface area contributed by atoms with Gasteiger partial charge < -0.3 is 24.7 Å². The van der Waals surface area contributed by atoms with Gasteiger partial charge in [0.15, 0.2) is 0 Å². The minimum atomic E-state index is -1.83. The molecule has 0 aromatic heterocycles. The Morgan fingerprint density at radius 3 is 0.900 bits per heavy atom. The molecule has 0 radical (unpaired) electrons. The van der Waals surface area contributed by atoms with Crippen molar-refractivity contribution in [2.45, 2.75) is 0 Å². The van der Waals surface area contributed by atoms with E-state index in [-0.39, 0.29) is 68.6 Å². The van der Waals surface area contributed by atoms with Gasteiger partial charge in [0.1, 0.15) is 0 Å². The first-order chi connectivity index (χ1) is 3.46. The Balaban J connectivity index is -0.00000000800. The third-order valence-corrected chi connectivity index (χ3v) is 0. The van der Waals surface area contributed by atoms with Crippen molar-refractivity contribution >= 4 is 57.8 Å². The first-order valence-corrected chi connectivity index (χ1v) is 1.30. The maximum absolute atomic E-state index is 8.56. The van der Waals surface area contributed by atoms with Gasteiger partial charge in [0.05, 0.1) is 0 Å². The molecule has 8 heteroatoms. The summed E-state index contributed by atoms with van der Waals surface area (Å²) >= 11 is 0. The zero-order valence-corrected chi connectivity index (χ0v) is 8.79. The zero-order valence-electron chi connectivity index (χ0n) is 8.31. The van der Waals surface area contributed by atoms with E-state index in [1.807, 2.05) is 0 Å². The first kappa shape index (κ1) is 22.4. The molecule has 0 spiro atoms. The van der Waals surface area contributed by atoms with Crippen LogP contribution in [0.5, 0.6) is 0 Å². The van der Waals surface area contributed by atoms with Crippen molar-refractivity contribution in [3.05, 3.63) is 0 Å². The molecule has 0 aliphatic heterocycles. The van der Waals surface area contributed by atoms with Crippen LogP contribution in [0.1, 0.15) is 4.28 Å². The van der Waals surface area contributed by atoms with Crippen molar-refractivity contribution in [3.63, 3.8) is 0 Å². The molecule has 6 nitrogen and oxygen atoms in total. The molecular weight excluding hydrogens is 215 g/mol. The molecule has 10 heavy (non-hydrogen) atoms. The van der Waals surface area contributed by atoms with Crippen LogP contribution >= 0.6 is 0 Å². The van der Waals surface area contributed by atoms with Crippen LogP contribution in [-0.4, -0.2) is 78.2 Å². The van der Waals surface area contributed by atoms with Crippen molar-refractivity contribution in [1.82, 2.24) is 0 Å². The fourth-order valence-corrected chi connectivity index (χ4v) is 0. The average molecular weight is 222 g/mol. The number of carbonyl (C=O) groups is 2. The summed E-state index contributed by atoms with van der Waals surface area (Å²) in [4.78, 5) is 17.1. The molecule has 54 valence electrons. The quantitative estimate of drug-likeness (QED) is 0.334. The minimum absolute atomic E-state index is 0. The Morgan fingerprint density at radius 2 is 0.900 bits per heavy atom. The van der Waals surface area contributed by atoms with Gasteiger partial charge in [-0.25, -0.2) is 9.59 Å². The van der Waals surface area contributed by atoms with Gasteiger partial charge in [-0.2, -0.15) is 0 Å². The van der Waals surface area contributed by atoms with Crippen molar-refractivity contribution in [1.29, 1.82) is 0 Å². The van der Waals surface area contributed by atoms with E-state index in [1.165, 1.54) is 0 Å². The summed E-state index contributed by atoms with van der Waals surface area (Å²) in [6, 6.07) is 0. The van der Waals surface area contributed by atoms with E-state index in [0.717, 1.165) is 0 Å². The van der Waals surface area contributed by atoms with Crippen molar-refractivity contribution in [2.24, 2.45) is 0 Å². The van der Waals surface area contributed by atoms with Crippen LogP contribution < -0.4 is 18.9 Å². The Bertz CT molecular complexity index is 83.9. The minimum Gasteiger partial charge on any atom is -1.00 e. The summed E-state index contributed by atoms with van der Waals surface area (Å²) in [7, 11) is 0. The summed E-state index contributed by atoms with van der Waals surface area (Å²) in [5, 5.41) is 27.9. The fourth-order valence-electron chi connectivity index (χ4n) is 0. The normalized spacial score (nSPS) is 4.80. The average Bonchev–Trinajstić information content (AvgIpc) is 1.25. The summed E-state index contributed by atoms with van der Waals surface area (Å²) < 4.78 is 0. The SMILES string of the molecule is O=C(O)O.O=C(O)O.[H-].[H-].[H-].[Li+].[Sr+2]. The van der Waals surface area contributed by atoms with Crippen molar-refractivity contribution in [2.75, 3.05) is 0 Å². The van der Waals surface area contributed by atoms with Crippen LogP contribution in [0.2, 0.25) is 0 Å². The maximum atomic E-state index is 8.56. The van der Waals surface area contributed by atoms with Crippen molar-refractivity contribution < 1.29 is 53.2 Å². The van der Waals surface area contributed by atoms with Gasteiger partial charge in [-0.05, 0) is 0 Å². The number of hydrogen-bond acceptors (Lipinski definition) is 2. The monoisotopic (exact) mass is 222 g/mol. The standard InChI is InChI=1S/2CH2O3.Li.Sr.3H/c2*2-1(3)4;;;;;/h2*(H2,2,3,4);;;;;/q;;+1;+2;3*-1. The van der Waals surface area contributed by atoms with E-state index >= 15 is 0 Å².